The van der Waals surface area contributed by atoms with Crippen LogP contribution in [0.15, 0.2) is 18.5 Å². The van der Waals surface area contributed by atoms with Crippen molar-refractivity contribution in [3.05, 3.63) is 29.8 Å². The molecule has 18 heavy (non-hydrogen) atoms. The number of nitrogens with zero attached hydrogens (tertiary/aromatic N) is 2. The summed E-state index contributed by atoms with van der Waals surface area (Å²) < 4.78 is 13.0. The molecule has 2 heterocycles. The van der Waals surface area contributed by atoms with E-state index in [0.29, 0.717) is 0 Å². The average Bonchev–Trinajstić information content (AvgIpc) is 2.89. The first-order valence-corrected chi connectivity index (χ1v) is 6.28. The molecule has 0 saturated carbocycles. The van der Waals surface area contributed by atoms with E-state index in [-0.39, 0.29) is 24.3 Å². The van der Waals surface area contributed by atoms with Crippen LogP contribution in [-0.4, -0.2) is 35.4 Å². The van der Waals surface area contributed by atoms with Gasteiger partial charge in [0.1, 0.15) is 5.82 Å². The van der Waals surface area contributed by atoms with E-state index >= 15 is 0 Å². The monoisotopic (exact) mass is 251 g/mol. The number of nitrogens with one attached hydrogen (secondary N) is 1. The zero-order valence-corrected chi connectivity index (χ0v) is 10.5. The predicted octanol–water partition coefficient (Wildman–Crippen LogP) is 1.49. The first-order valence-electron chi connectivity index (χ1n) is 6.28. The van der Waals surface area contributed by atoms with Gasteiger partial charge in [-0.2, -0.15) is 0 Å². The highest BCUT2D eigenvalue weighted by atomic mass is 19.1. The lowest BCUT2D eigenvalue weighted by molar-refractivity contribution is -0.129. The van der Waals surface area contributed by atoms with Crippen LogP contribution in [0.2, 0.25) is 0 Å². The number of aromatic nitrogens is 1. The zero-order valence-electron chi connectivity index (χ0n) is 10.5. The Hall–Kier alpha value is -1.49. The average molecular weight is 251 g/mol. The number of likely N-dealkylation sites (tertiary alicyclic amines) is 1. The van der Waals surface area contributed by atoms with Crippen molar-refractivity contribution >= 4 is 5.91 Å². The molecule has 1 unspecified atom stereocenters. The fourth-order valence-corrected chi connectivity index (χ4v) is 2.10. The summed E-state index contributed by atoms with van der Waals surface area (Å²) in [6.07, 6.45) is 4.97. The van der Waals surface area contributed by atoms with Crippen molar-refractivity contribution in [2.45, 2.75) is 25.8 Å². The Morgan fingerprint density at radius 3 is 2.89 bits per heavy atom. The number of carbonyl (C=O) groups excluding carboxylic acids is 1. The van der Waals surface area contributed by atoms with Crippen LogP contribution in [0.3, 0.4) is 0 Å². The van der Waals surface area contributed by atoms with Crippen molar-refractivity contribution in [2.24, 2.45) is 0 Å². The second kappa shape index (κ2) is 5.91. The minimum atomic E-state index is -0.355. The fourth-order valence-electron chi connectivity index (χ4n) is 2.10. The molecule has 1 aromatic rings. The topological polar surface area (TPSA) is 45.2 Å². The van der Waals surface area contributed by atoms with Crippen LogP contribution in [0.1, 0.15) is 31.4 Å². The second-order valence-corrected chi connectivity index (χ2v) is 4.63. The maximum Gasteiger partial charge on any atom is 0.236 e. The van der Waals surface area contributed by atoms with Crippen molar-refractivity contribution in [3.63, 3.8) is 0 Å². The molecule has 0 bridgehead atoms. The highest BCUT2D eigenvalue weighted by Crippen LogP contribution is 2.12. The highest BCUT2D eigenvalue weighted by Gasteiger charge is 2.18. The number of rotatable bonds is 4. The van der Waals surface area contributed by atoms with Crippen molar-refractivity contribution in [1.82, 2.24) is 15.2 Å². The Bertz CT molecular complexity index is 418. The number of hydrogen-bond acceptors (Lipinski definition) is 3. The number of halogens is 1. The molecule has 0 spiro atoms. The van der Waals surface area contributed by atoms with Gasteiger partial charge in [0.25, 0.3) is 0 Å². The summed E-state index contributed by atoms with van der Waals surface area (Å²) in [4.78, 5) is 17.5. The second-order valence-electron chi connectivity index (χ2n) is 4.63. The number of hydrogen-bond donors (Lipinski definition) is 1. The van der Waals surface area contributed by atoms with E-state index in [9.17, 15) is 9.18 Å². The summed E-state index contributed by atoms with van der Waals surface area (Å²) >= 11 is 0. The van der Waals surface area contributed by atoms with Crippen molar-refractivity contribution < 1.29 is 9.18 Å². The summed E-state index contributed by atoms with van der Waals surface area (Å²) in [5.74, 6) is -0.240. The van der Waals surface area contributed by atoms with E-state index in [2.05, 4.69) is 10.3 Å². The highest BCUT2D eigenvalue weighted by molar-refractivity contribution is 5.78. The van der Waals surface area contributed by atoms with Gasteiger partial charge in [0.05, 0.1) is 12.7 Å². The molecule has 1 fully saturated rings. The first kappa shape index (κ1) is 13.0. The lowest BCUT2D eigenvalue weighted by Crippen LogP contribution is -2.37. The maximum absolute atomic E-state index is 13.0. The molecular weight excluding hydrogens is 233 g/mol. The third kappa shape index (κ3) is 3.26. The Kier molecular flexibility index (Phi) is 4.25. The lowest BCUT2D eigenvalue weighted by Gasteiger charge is -2.18. The maximum atomic E-state index is 13.0. The zero-order chi connectivity index (χ0) is 13.0. The van der Waals surface area contributed by atoms with Gasteiger partial charge in [0, 0.05) is 25.3 Å². The number of pyridine rings is 1. The molecule has 1 amide bonds. The summed E-state index contributed by atoms with van der Waals surface area (Å²) in [6, 6.07) is 1.35. The van der Waals surface area contributed by atoms with E-state index in [0.717, 1.165) is 31.5 Å². The largest absolute Gasteiger partial charge is 0.342 e. The van der Waals surface area contributed by atoms with Crippen molar-refractivity contribution in [1.29, 1.82) is 0 Å². The van der Waals surface area contributed by atoms with Crippen molar-refractivity contribution in [3.8, 4) is 0 Å². The molecule has 2 rings (SSSR count). The molecule has 4 nitrogen and oxygen atoms in total. The Balaban J connectivity index is 1.84. The minimum absolute atomic E-state index is 0.0836. The SMILES string of the molecule is CC(NCC(=O)N1CCCC1)c1cncc(F)c1. The minimum Gasteiger partial charge on any atom is -0.342 e. The Morgan fingerprint density at radius 1 is 1.50 bits per heavy atom. The van der Waals surface area contributed by atoms with Crippen LogP contribution in [0.4, 0.5) is 4.39 Å². The molecule has 1 aliphatic heterocycles. The number of amides is 1. The molecule has 1 aromatic heterocycles. The molecule has 0 aromatic carbocycles. The van der Waals surface area contributed by atoms with Crippen LogP contribution in [0.25, 0.3) is 0 Å². The summed E-state index contributed by atoms with van der Waals surface area (Å²) in [5.41, 5.74) is 0.754. The van der Waals surface area contributed by atoms with Gasteiger partial charge in [-0.15, -0.1) is 0 Å². The van der Waals surface area contributed by atoms with Gasteiger partial charge in [0.15, 0.2) is 0 Å². The van der Waals surface area contributed by atoms with E-state index in [1.165, 1.54) is 12.3 Å². The van der Waals surface area contributed by atoms with Gasteiger partial charge in [-0.1, -0.05) is 0 Å². The molecule has 0 aliphatic carbocycles. The summed E-state index contributed by atoms with van der Waals surface area (Å²) in [6.45, 7) is 3.90. The van der Waals surface area contributed by atoms with Crippen LogP contribution >= 0.6 is 0 Å². The van der Waals surface area contributed by atoms with Gasteiger partial charge in [-0.05, 0) is 31.4 Å². The molecule has 0 radical (unpaired) electrons. The van der Waals surface area contributed by atoms with Gasteiger partial charge in [-0.3, -0.25) is 9.78 Å². The normalized spacial score (nSPS) is 16.9. The van der Waals surface area contributed by atoms with E-state index in [1.807, 2.05) is 11.8 Å². The first-order chi connectivity index (χ1) is 8.66. The van der Waals surface area contributed by atoms with E-state index in [1.54, 1.807) is 6.20 Å². The summed E-state index contributed by atoms with van der Waals surface area (Å²) in [7, 11) is 0. The van der Waals surface area contributed by atoms with Gasteiger partial charge >= 0.3 is 0 Å². The molecule has 5 heteroatoms. The molecule has 1 aliphatic rings. The molecule has 1 atom stereocenters. The van der Waals surface area contributed by atoms with Crippen molar-refractivity contribution in [2.75, 3.05) is 19.6 Å². The van der Waals surface area contributed by atoms with Crippen LogP contribution < -0.4 is 5.32 Å². The lowest BCUT2D eigenvalue weighted by atomic mass is 10.1. The quantitative estimate of drug-likeness (QED) is 0.882. The van der Waals surface area contributed by atoms with Gasteiger partial charge in [0.2, 0.25) is 5.91 Å². The van der Waals surface area contributed by atoms with Gasteiger partial charge < -0.3 is 10.2 Å². The smallest absolute Gasteiger partial charge is 0.236 e. The Morgan fingerprint density at radius 2 is 2.22 bits per heavy atom. The van der Waals surface area contributed by atoms with Crippen LogP contribution in [0.5, 0.6) is 0 Å². The number of carbonyl (C=O) groups is 1. The molecular formula is C13H18FN3O. The standard InChI is InChI=1S/C13H18FN3O/c1-10(11-6-12(14)8-15-7-11)16-9-13(18)17-4-2-3-5-17/h6-8,10,16H,2-5,9H2,1H3. The Labute approximate surface area is 106 Å². The van der Waals surface area contributed by atoms with E-state index < -0.39 is 0 Å². The van der Waals surface area contributed by atoms with Crippen LogP contribution in [0, 0.1) is 5.82 Å². The molecule has 1 N–H and O–H groups in total. The van der Waals surface area contributed by atoms with Gasteiger partial charge in [-0.25, -0.2) is 4.39 Å². The third-order valence-corrected chi connectivity index (χ3v) is 3.24. The molecule has 98 valence electrons. The molecule has 1 saturated heterocycles. The third-order valence-electron chi connectivity index (χ3n) is 3.24. The van der Waals surface area contributed by atoms with E-state index in [4.69, 9.17) is 0 Å². The summed E-state index contributed by atoms with van der Waals surface area (Å²) in [5, 5.41) is 3.10. The fraction of sp³-hybridized carbons (Fsp3) is 0.538. The predicted molar refractivity (Wildman–Crippen MR) is 66.4 cm³/mol. The van der Waals surface area contributed by atoms with Crippen LogP contribution in [-0.2, 0) is 4.79 Å².